The third kappa shape index (κ3) is 9.21. The standard InChI is InChI=1S/C69H79N3Si/c1-11-15-39-68(40-16-12-2)61-44-50(49-23-22-24-53(43-49)66-71-70-65(72(66)55-25-20-19-21-26-55)48-27-32-54(33-28-48)67(5,6)7)29-35-57(61)58-36-30-51(45-62(58)68)52-31-37-59-60-38-34-56(73(8,9)10)47-64(60)69(41-17-13-3,42-18-14-4)63(59)46-52/h19-38,43-47H,11-18,39-42H2,1-10H3. The molecule has 0 saturated carbocycles. The highest BCUT2D eigenvalue weighted by atomic mass is 28.3. The average Bonchev–Trinajstić information content (AvgIpc) is 4.06. The molecule has 2 aliphatic rings. The number of benzene rings is 7. The fourth-order valence-electron chi connectivity index (χ4n) is 12.7. The van der Waals surface area contributed by atoms with Gasteiger partial charge in [0.15, 0.2) is 11.6 Å². The lowest BCUT2D eigenvalue weighted by Gasteiger charge is -2.34. The summed E-state index contributed by atoms with van der Waals surface area (Å²) < 4.78 is 2.23. The molecule has 0 saturated heterocycles. The molecule has 8 aromatic rings. The Morgan fingerprint density at radius 3 is 1.25 bits per heavy atom. The van der Waals surface area contributed by atoms with Crippen molar-refractivity contribution in [1.82, 2.24) is 14.8 Å². The van der Waals surface area contributed by atoms with Crippen molar-refractivity contribution in [2.24, 2.45) is 0 Å². The molecule has 7 aromatic carbocycles. The fourth-order valence-corrected chi connectivity index (χ4v) is 13.8. The van der Waals surface area contributed by atoms with Crippen molar-refractivity contribution in [2.45, 2.75) is 161 Å². The second kappa shape index (κ2) is 20.3. The van der Waals surface area contributed by atoms with Gasteiger partial charge in [0.1, 0.15) is 0 Å². The van der Waals surface area contributed by atoms with Gasteiger partial charge in [0.05, 0.1) is 8.07 Å². The Hall–Kier alpha value is -6.10. The normalized spacial score (nSPS) is 14.2. The van der Waals surface area contributed by atoms with Crippen LogP contribution in [0.15, 0.2) is 152 Å². The van der Waals surface area contributed by atoms with Crippen molar-refractivity contribution in [1.29, 1.82) is 0 Å². The lowest BCUT2D eigenvalue weighted by atomic mass is 9.69. The Bertz CT molecular complexity index is 3230. The van der Waals surface area contributed by atoms with Gasteiger partial charge in [0.2, 0.25) is 0 Å². The van der Waals surface area contributed by atoms with Gasteiger partial charge in [-0.15, -0.1) is 10.2 Å². The molecule has 73 heavy (non-hydrogen) atoms. The molecular formula is C69H79N3Si. The predicted molar refractivity (Wildman–Crippen MR) is 315 cm³/mol. The van der Waals surface area contributed by atoms with Crippen LogP contribution in [0.3, 0.4) is 0 Å². The number of hydrogen-bond acceptors (Lipinski definition) is 2. The molecule has 4 heteroatoms. The van der Waals surface area contributed by atoms with E-state index in [1.807, 2.05) is 0 Å². The summed E-state index contributed by atoms with van der Waals surface area (Å²) in [7, 11) is -1.51. The first kappa shape index (κ1) is 50.4. The SMILES string of the molecule is CCCCC1(CCCC)c2cc(-c3cccc(-c4nnc(-c5ccc(C(C)(C)C)cc5)n4-c4ccccc4)c3)ccc2-c2ccc(-c3ccc4c(c3)C(CCCC)(CCCC)c3cc([Si](C)(C)C)ccc3-4)cc21. The lowest BCUT2D eigenvalue weighted by Crippen LogP contribution is -2.38. The van der Waals surface area contributed by atoms with Crippen molar-refractivity contribution >= 4 is 13.3 Å². The molecule has 0 unspecified atom stereocenters. The van der Waals surface area contributed by atoms with E-state index in [4.69, 9.17) is 10.2 Å². The van der Waals surface area contributed by atoms with Crippen LogP contribution < -0.4 is 5.19 Å². The van der Waals surface area contributed by atoms with E-state index >= 15 is 0 Å². The van der Waals surface area contributed by atoms with Gasteiger partial charge in [-0.05, 0) is 140 Å². The van der Waals surface area contributed by atoms with Crippen LogP contribution >= 0.6 is 0 Å². The predicted octanol–water partition coefficient (Wildman–Crippen LogP) is 19.1. The Morgan fingerprint density at radius 1 is 0.411 bits per heavy atom. The van der Waals surface area contributed by atoms with E-state index in [1.54, 1.807) is 16.3 Å². The summed E-state index contributed by atoms with van der Waals surface area (Å²) >= 11 is 0. The zero-order chi connectivity index (χ0) is 51.1. The Morgan fingerprint density at radius 2 is 0.808 bits per heavy atom. The average molecular weight is 978 g/mol. The number of para-hydroxylation sites is 1. The van der Waals surface area contributed by atoms with Gasteiger partial charge >= 0.3 is 0 Å². The zero-order valence-corrected chi connectivity index (χ0v) is 46.8. The molecule has 0 aliphatic heterocycles. The third-order valence-corrected chi connectivity index (χ3v) is 18.9. The number of hydrogen-bond donors (Lipinski definition) is 0. The van der Waals surface area contributed by atoms with Gasteiger partial charge in [-0.25, -0.2) is 0 Å². The van der Waals surface area contributed by atoms with Crippen LogP contribution in [-0.4, -0.2) is 22.8 Å². The quantitative estimate of drug-likeness (QED) is 0.0802. The van der Waals surface area contributed by atoms with Gasteiger partial charge in [-0.2, -0.15) is 0 Å². The topological polar surface area (TPSA) is 30.7 Å². The number of unbranched alkanes of at least 4 members (excludes halogenated alkanes) is 4. The van der Waals surface area contributed by atoms with Crippen molar-refractivity contribution < 1.29 is 0 Å². The summed E-state index contributed by atoms with van der Waals surface area (Å²) in [5.74, 6) is 1.68. The highest BCUT2D eigenvalue weighted by Gasteiger charge is 2.45. The first-order valence-electron chi connectivity index (χ1n) is 28.1. The molecule has 0 fully saturated rings. The van der Waals surface area contributed by atoms with Crippen molar-refractivity contribution in [3.63, 3.8) is 0 Å². The monoisotopic (exact) mass is 978 g/mol. The number of aromatic nitrogens is 3. The molecule has 0 amide bonds. The van der Waals surface area contributed by atoms with E-state index in [0.29, 0.717) is 0 Å². The molecule has 0 bridgehead atoms. The highest BCUT2D eigenvalue weighted by molar-refractivity contribution is 6.88. The molecule has 0 atom stereocenters. The number of rotatable bonds is 18. The van der Waals surface area contributed by atoms with E-state index in [9.17, 15) is 0 Å². The summed E-state index contributed by atoms with van der Waals surface area (Å²) in [6.45, 7) is 23.8. The molecule has 3 nitrogen and oxygen atoms in total. The van der Waals surface area contributed by atoms with E-state index in [2.05, 4.69) is 224 Å². The molecule has 374 valence electrons. The van der Waals surface area contributed by atoms with Crippen LogP contribution in [0.2, 0.25) is 19.6 Å². The highest BCUT2D eigenvalue weighted by Crippen LogP contribution is 2.58. The molecule has 0 N–H and O–H groups in total. The van der Waals surface area contributed by atoms with Crippen molar-refractivity contribution in [2.75, 3.05) is 0 Å². The number of nitrogens with zero attached hydrogens (tertiary/aromatic N) is 3. The maximum Gasteiger partial charge on any atom is 0.168 e. The van der Waals surface area contributed by atoms with Crippen molar-refractivity contribution in [3.05, 3.63) is 179 Å². The molecule has 1 aromatic heterocycles. The molecule has 2 aliphatic carbocycles. The van der Waals surface area contributed by atoms with Crippen LogP contribution in [0.25, 0.3) is 73.0 Å². The molecular weight excluding hydrogens is 899 g/mol. The Balaban J connectivity index is 1.06. The largest absolute Gasteiger partial charge is 0.275 e. The Kier molecular flexibility index (Phi) is 14.0. The summed E-state index contributed by atoms with van der Waals surface area (Å²) in [5.41, 5.74) is 21.6. The summed E-state index contributed by atoms with van der Waals surface area (Å²) in [6, 6.07) is 58.6. The maximum absolute atomic E-state index is 4.94. The van der Waals surface area contributed by atoms with Crippen LogP contribution in [0, 0.1) is 0 Å². The van der Waals surface area contributed by atoms with E-state index in [1.165, 1.54) is 125 Å². The third-order valence-electron chi connectivity index (χ3n) is 16.9. The van der Waals surface area contributed by atoms with E-state index in [0.717, 1.165) is 41.3 Å². The van der Waals surface area contributed by atoms with E-state index in [-0.39, 0.29) is 16.2 Å². The molecule has 10 rings (SSSR count). The van der Waals surface area contributed by atoms with Gasteiger partial charge in [0, 0.05) is 27.6 Å². The lowest BCUT2D eigenvalue weighted by molar-refractivity contribution is 0.414. The molecule has 0 radical (unpaired) electrons. The minimum absolute atomic E-state index is 0.0485. The minimum atomic E-state index is -1.51. The van der Waals surface area contributed by atoms with Crippen molar-refractivity contribution in [3.8, 4) is 73.0 Å². The second-order valence-corrected chi connectivity index (χ2v) is 28.9. The zero-order valence-electron chi connectivity index (χ0n) is 45.8. The summed E-state index contributed by atoms with van der Waals surface area (Å²) in [4.78, 5) is 0. The van der Waals surface area contributed by atoms with Crippen LogP contribution in [0.1, 0.15) is 153 Å². The van der Waals surface area contributed by atoms with Gasteiger partial charge in [0.25, 0.3) is 0 Å². The van der Waals surface area contributed by atoms with Gasteiger partial charge in [-0.3, -0.25) is 4.57 Å². The first-order valence-corrected chi connectivity index (χ1v) is 31.6. The van der Waals surface area contributed by atoms with Crippen LogP contribution in [-0.2, 0) is 16.2 Å². The van der Waals surface area contributed by atoms with Gasteiger partial charge in [-0.1, -0.05) is 240 Å². The van der Waals surface area contributed by atoms with Gasteiger partial charge < -0.3 is 0 Å². The molecule has 1 heterocycles. The van der Waals surface area contributed by atoms with Crippen LogP contribution in [0.4, 0.5) is 0 Å². The van der Waals surface area contributed by atoms with Crippen LogP contribution in [0.5, 0.6) is 0 Å². The fraction of sp³-hybridized carbons (Fsp3) is 0.362. The second-order valence-electron chi connectivity index (χ2n) is 23.8. The molecule has 0 spiro atoms. The minimum Gasteiger partial charge on any atom is -0.275 e. The van der Waals surface area contributed by atoms with E-state index < -0.39 is 8.07 Å². The first-order chi connectivity index (χ1) is 35.2. The summed E-state index contributed by atoms with van der Waals surface area (Å²) in [5, 5.41) is 11.4. The Labute approximate surface area is 439 Å². The maximum atomic E-state index is 4.94. The number of fused-ring (bicyclic) bond motifs is 6. The summed E-state index contributed by atoms with van der Waals surface area (Å²) in [6.07, 6.45) is 14.4. The smallest absolute Gasteiger partial charge is 0.168 e.